The molecular formula is C13H13ClFN3O2S. The Kier molecular flexibility index (Phi) is 4.64. The molecule has 0 saturated heterocycles. The molecule has 8 heteroatoms. The fourth-order valence-electron chi connectivity index (χ4n) is 1.69. The van der Waals surface area contributed by atoms with Crippen LogP contribution in [0, 0.1) is 5.82 Å². The SMILES string of the molecule is CCNc1ncccc1S(=O)(=O)Nc1cccc(Cl)c1F. The molecule has 1 aromatic heterocycles. The van der Waals surface area contributed by atoms with Gasteiger partial charge in [0.1, 0.15) is 10.7 Å². The molecule has 112 valence electrons. The van der Waals surface area contributed by atoms with E-state index in [9.17, 15) is 12.8 Å². The molecule has 0 aliphatic rings. The van der Waals surface area contributed by atoms with Crippen molar-refractivity contribution in [3.63, 3.8) is 0 Å². The third-order valence-corrected chi connectivity index (χ3v) is 4.29. The highest BCUT2D eigenvalue weighted by atomic mass is 35.5. The lowest BCUT2D eigenvalue weighted by molar-refractivity contribution is 0.598. The first-order valence-corrected chi connectivity index (χ1v) is 7.97. The van der Waals surface area contributed by atoms with Gasteiger partial charge in [-0.2, -0.15) is 0 Å². The highest BCUT2D eigenvalue weighted by Gasteiger charge is 2.21. The van der Waals surface area contributed by atoms with Gasteiger partial charge < -0.3 is 5.32 Å². The van der Waals surface area contributed by atoms with E-state index in [-0.39, 0.29) is 21.4 Å². The first-order valence-electron chi connectivity index (χ1n) is 6.11. The van der Waals surface area contributed by atoms with E-state index < -0.39 is 15.8 Å². The number of pyridine rings is 1. The highest BCUT2D eigenvalue weighted by Crippen LogP contribution is 2.26. The van der Waals surface area contributed by atoms with Crippen molar-refractivity contribution in [2.24, 2.45) is 0 Å². The normalized spacial score (nSPS) is 11.2. The van der Waals surface area contributed by atoms with Crippen LogP contribution in [-0.4, -0.2) is 19.9 Å². The summed E-state index contributed by atoms with van der Waals surface area (Å²) in [5.41, 5.74) is -0.214. The molecular weight excluding hydrogens is 317 g/mol. The quantitative estimate of drug-likeness (QED) is 0.884. The third-order valence-electron chi connectivity index (χ3n) is 2.60. The summed E-state index contributed by atoms with van der Waals surface area (Å²) in [6.45, 7) is 2.32. The lowest BCUT2D eigenvalue weighted by atomic mass is 10.3. The Morgan fingerprint density at radius 2 is 2.05 bits per heavy atom. The molecule has 2 rings (SSSR count). The Balaban J connectivity index is 2.41. The number of aromatic nitrogens is 1. The van der Waals surface area contributed by atoms with Crippen LogP contribution in [0.3, 0.4) is 0 Å². The van der Waals surface area contributed by atoms with Crippen molar-refractivity contribution in [2.75, 3.05) is 16.6 Å². The fraction of sp³-hybridized carbons (Fsp3) is 0.154. The highest BCUT2D eigenvalue weighted by molar-refractivity contribution is 7.92. The van der Waals surface area contributed by atoms with E-state index in [1.165, 1.54) is 36.5 Å². The summed E-state index contributed by atoms with van der Waals surface area (Å²) < 4.78 is 40.7. The van der Waals surface area contributed by atoms with Crippen LogP contribution in [0.25, 0.3) is 0 Å². The molecule has 0 aliphatic carbocycles. The minimum atomic E-state index is -3.98. The van der Waals surface area contributed by atoms with Crippen LogP contribution in [0.15, 0.2) is 41.4 Å². The summed E-state index contributed by atoms with van der Waals surface area (Å²) in [4.78, 5) is 3.90. The molecule has 0 atom stereocenters. The molecule has 0 aliphatic heterocycles. The average Bonchev–Trinajstić information content (AvgIpc) is 2.44. The van der Waals surface area contributed by atoms with E-state index in [1.807, 2.05) is 6.92 Å². The summed E-state index contributed by atoms with van der Waals surface area (Å²) in [5, 5.41) is 2.68. The predicted octanol–water partition coefficient (Wildman–Crippen LogP) is 3.11. The van der Waals surface area contributed by atoms with Crippen LogP contribution in [0.5, 0.6) is 0 Å². The van der Waals surface area contributed by atoms with Crippen LogP contribution >= 0.6 is 11.6 Å². The zero-order chi connectivity index (χ0) is 15.5. The molecule has 5 nitrogen and oxygen atoms in total. The van der Waals surface area contributed by atoms with Gasteiger partial charge in [-0.05, 0) is 31.2 Å². The fourth-order valence-corrected chi connectivity index (χ4v) is 3.06. The van der Waals surface area contributed by atoms with Crippen LogP contribution in [-0.2, 0) is 10.0 Å². The Hall–Kier alpha value is -1.86. The average molecular weight is 330 g/mol. The monoisotopic (exact) mass is 329 g/mol. The zero-order valence-corrected chi connectivity index (χ0v) is 12.7. The van der Waals surface area contributed by atoms with E-state index >= 15 is 0 Å². The second-order valence-corrected chi connectivity index (χ2v) is 6.15. The number of nitrogens with one attached hydrogen (secondary N) is 2. The van der Waals surface area contributed by atoms with Crippen molar-refractivity contribution in [2.45, 2.75) is 11.8 Å². The van der Waals surface area contributed by atoms with Gasteiger partial charge in [0.05, 0.1) is 10.7 Å². The standard InChI is InChI=1S/C13H13ClFN3O2S/c1-2-16-13-11(7-4-8-17-13)21(19,20)18-10-6-3-5-9(14)12(10)15/h3-8,18H,2H2,1H3,(H,16,17). The van der Waals surface area contributed by atoms with Crippen molar-refractivity contribution in [3.8, 4) is 0 Å². The van der Waals surface area contributed by atoms with Gasteiger partial charge in [0.2, 0.25) is 0 Å². The van der Waals surface area contributed by atoms with Gasteiger partial charge in [-0.15, -0.1) is 0 Å². The van der Waals surface area contributed by atoms with Crippen molar-refractivity contribution >= 4 is 33.1 Å². The Labute approximate surface area is 127 Å². The van der Waals surface area contributed by atoms with E-state index in [2.05, 4.69) is 15.0 Å². The van der Waals surface area contributed by atoms with Gasteiger partial charge in [0, 0.05) is 12.7 Å². The zero-order valence-electron chi connectivity index (χ0n) is 11.1. The maximum absolute atomic E-state index is 13.8. The Morgan fingerprint density at radius 1 is 1.29 bits per heavy atom. The molecule has 1 aromatic carbocycles. The summed E-state index contributed by atoms with van der Waals surface area (Å²) >= 11 is 5.64. The minimum Gasteiger partial charge on any atom is -0.369 e. The van der Waals surface area contributed by atoms with Crippen molar-refractivity contribution in [3.05, 3.63) is 47.4 Å². The van der Waals surface area contributed by atoms with Gasteiger partial charge in [0.25, 0.3) is 10.0 Å². The minimum absolute atomic E-state index is 0.0637. The number of benzene rings is 1. The molecule has 0 radical (unpaired) electrons. The lowest BCUT2D eigenvalue weighted by Crippen LogP contribution is -2.17. The van der Waals surface area contributed by atoms with Crippen LogP contribution < -0.4 is 10.0 Å². The van der Waals surface area contributed by atoms with E-state index in [4.69, 9.17) is 11.6 Å². The molecule has 2 aromatic rings. The largest absolute Gasteiger partial charge is 0.369 e. The predicted molar refractivity (Wildman–Crippen MR) is 80.6 cm³/mol. The van der Waals surface area contributed by atoms with Crippen LogP contribution in [0.4, 0.5) is 15.9 Å². The number of rotatable bonds is 5. The molecule has 0 amide bonds. The first kappa shape index (κ1) is 15.5. The van der Waals surface area contributed by atoms with Gasteiger partial charge in [0.15, 0.2) is 5.82 Å². The third kappa shape index (κ3) is 3.43. The molecule has 0 bridgehead atoms. The number of hydrogen-bond acceptors (Lipinski definition) is 4. The molecule has 0 fully saturated rings. The number of nitrogens with zero attached hydrogens (tertiary/aromatic N) is 1. The maximum atomic E-state index is 13.8. The maximum Gasteiger partial charge on any atom is 0.265 e. The summed E-state index contributed by atoms with van der Waals surface area (Å²) in [6, 6.07) is 6.96. The van der Waals surface area contributed by atoms with E-state index in [0.717, 1.165) is 0 Å². The molecule has 1 heterocycles. The van der Waals surface area contributed by atoms with Gasteiger partial charge in [-0.25, -0.2) is 17.8 Å². The number of halogens is 2. The number of hydrogen-bond donors (Lipinski definition) is 2. The second-order valence-electron chi connectivity index (χ2n) is 4.09. The molecule has 21 heavy (non-hydrogen) atoms. The summed E-state index contributed by atoms with van der Waals surface area (Å²) in [7, 11) is -3.98. The summed E-state index contributed by atoms with van der Waals surface area (Å²) in [6.07, 6.45) is 1.47. The smallest absolute Gasteiger partial charge is 0.265 e. The molecule has 0 unspecified atom stereocenters. The Bertz CT molecular complexity index is 753. The number of sulfonamides is 1. The molecule has 2 N–H and O–H groups in total. The lowest BCUT2D eigenvalue weighted by Gasteiger charge is -2.12. The topological polar surface area (TPSA) is 71.1 Å². The number of anilines is 2. The molecule has 0 saturated carbocycles. The van der Waals surface area contributed by atoms with E-state index in [1.54, 1.807) is 0 Å². The van der Waals surface area contributed by atoms with Crippen molar-refractivity contribution in [1.82, 2.24) is 4.98 Å². The van der Waals surface area contributed by atoms with Crippen LogP contribution in [0.2, 0.25) is 5.02 Å². The van der Waals surface area contributed by atoms with Gasteiger partial charge in [-0.1, -0.05) is 17.7 Å². The molecule has 0 spiro atoms. The Morgan fingerprint density at radius 3 is 2.76 bits per heavy atom. The van der Waals surface area contributed by atoms with Crippen LogP contribution in [0.1, 0.15) is 6.92 Å². The second kappa shape index (κ2) is 6.28. The van der Waals surface area contributed by atoms with Gasteiger partial charge >= 0.3 is 0 Å². The van der Waals surface area contributed by atoms with Crippen molar-refractivity contribution < 1.29 is 12.8 Å². The first-order chi connectivity index (χ1) is 9.95. The summed E-state index contributed by atoms with van der Waals surface area (Å²) in [5.74, 6) is -0.619. The van der Waals surface area contributed by atoms with Gasteiger partial charge in [-0.3, -0.25) is 4.72 Å². The van der Waals surface area contributed by atoms with E-state index in [0.29, 0.717) is 6.54 Å². The van der Waals surface area contributed by atoms with Crippen molar-refractivity contribution in [1.29, 1.82) is 0 Å².